The molecule has 13 nitrogen and oxygen atoms in total. The van der Waals surface area contributed by atoms with Crippen molar-refractivity contribution in [1.82, 2.24) is 25.4 Å². The fourth-order valence-electron chi connectivity index (χ4n) is 7.29. The largest absolute Gasteiger partial charge is 0.417 e. The quantitative estimate of drug-likeness (QED) is 0.138. The number of hydrazine groups is 1. The first-order valence-electron chi connectivity index (χ1n) is 19.0. The minimum atomic E-state index is -5.05. The lowest BCUT2D eigenvalue weighted by atomic mass is 9.87. The summed E-state index contributed by atoms with van der Waals surface area (Å²) in [5, 5.41) is 12.3. The van der Waals surface area contributed by atoms with Crippen LogP contribution in [0.5, 0.6) is 0 Å². The van der Waals surface area contributed by atoms with Crippen LogP contribution in [-0.2, 0) is 12.4 Å². The van der Waals surface area contributed by atoms with Crippen molar-refractivity contribution >= 4 is 40.7 Å². The Labute approximate surface area is 352 Å². The summed E-state index contributed by atoms with van der Waals surface area (Å²) in [6.45, 7) is 3.36. The second-order valence-corrected chi connectivity index (χ2v) is 15.4. The molecule has 2 fully saturated rings. The molecule has 3 amide bonds. The molecule has 23 heteroatoms. The Morgan fingerprint density at radius 3 is 1.67 bits per heavy atom. The van der Waals surface area contributed by atoms with E-state index in [4.69, 9.17) is 0 Å². The topological polar surface area (TPSA) is 160 Å². The number of nitrogens with zero attached hydrogens (tertiary/aromatic N) is 8. The summed E-state index contributed by atoms with van der Waals surface area (Å²) in [5.41, 5.74) is -3.41. The van der Waals surface area contributed by atoms with Crippen molar-refractivity contribution in [2.75, 3.05) is 46.3 Å². The Kier molecular flexibility index (Phi) is 12.3. The van der Waals surface area contributed by atoms with Gasteiger partial charge in [-0.25, -0.2) is 37.5 Å². The highest BCUT2D eigenvalue weighted by molar-refractivity contribution is 6.12. The number of hydrogen-bond donors (Lipinski definition) is 2. The summed E-state index contributed by atoms with van der Waals surface area (Å²) in [7, 11) is 0. The Morgan fingerprint density at radius 2 is 1.17 bits per heavy atom. The highest BCUT2D eigenvalue weighted by Crippen LogP contribution is 2.42. The lowest BCUT2D eigenvalue weighted by molar-refractivity contribution is -0.138. The highest BCUT2D eigenvalue weighted by Gasteiger charge is 2.49. The number of nitriles is 1. The van der Waals surface area contributed by atoms with Crippen LogP contribution in [0.2, 0.25) is 0 Å². The van der Waals surface area contributed by atoms with Crippen molar-refractivity contribution in [3.63, 3.8) is 0 Å². The number of halogens is 10. The normalized spacial score (nSPS) is 21.0. The number of amides is 3. The molecule has 0 aromatic carbocycles. The van der Waals surface area contributed by atoms with Gasteiger partial charge in [-0.15, -0.1) is 0 Å². The number of piperidine rings is 2. The molecule has 0 bridgehead atoms. The van der Waals surface area contributed by atoms with Crippen LogP contribution in [0.4, 0.5) is 66.9 Å². The molecule has 0 unspecified atom stereocenters. The van der Waals surface area contributed by atoms with Crippen molar-refractivity contribution in [2.45, 2.75) is 51.9 Å². The van der Waals surface area contributed by atoms with E-state index < -0.39 is 112 Å². The maximum Gasteiger partial charge on any atom is 0.417 e. The molecule has 2 aliphatic rings. The molecule has 6 rings (SSSR count). The van der Waals surface area contributed by atoms with Gasteiger partial charge in [-0.2, -0.15) is 31.6 Å². The van der Waals surface area contributed by atoms with Crippen molar-refractivity contribution in [3.8, 4) is 6.07 Å². The number of pyridine rings is 4. The van der Waals surface area contributed by atoms with Gasteiger partial charge in [0, 0.05) is 86.4 Å². The van der Waals surface area contributed by atoms with Gasteiger partial charge in [0.2, 0.25) is 0 Å². The maximum absolute atomic E-state index is 14.8. The summed E-state index contributed by atoms with van der Waals surface area (Å²) in [4.78, 5) is 60.0. The van der Waals surface area contributed by atoms with E-state index >= 15 is 0 Å². The van der Waals surface area contributed by atoms with Gasteiger partial charge in [-0.1, -0.05) is 27.7 Å². The number of hydrogen-bond acceptors (Lipinski definition) is 10. The number of aromatic nitrogens is 4. The lowest BCUT2D eigenvalue weighted by Crippen LogP contribution is -2.53. The van der Waals surface area contributed by atoms with Crippen LogP contribution in [0.15, 0.2) is 61.2 Å². The van der Waals surface area contributed by atoms with Gasteiger partial charge >= 0.3 is 12.4 Å². The minimum Gasteiger partial charge on any atom is -0.355 e. The molecule has 0 spiro atoms. The molecule has 334 valence electrons. The second kappa shape index (κ2) is 16.9. The van der Waals surface area contributed by atoms with Crippen LogP contribution in [0, 0.1) is 35.0 Å². The zero-order chi connectivity index (χ0) is 46.4. The van der Waals surface area contributed by atoms with E-state index in [2.05, 4.69) is 30.7 Å². The van der Waals surface area contributed by atoms with E-state index in [9.17, 15) is 63.5 Å². The molecule has 2 N–H and O–H groups in total. The van der Waals surface area contributed by atoms with E-state index in [0.717, 1.165) is 36.7 Å². The van der Waals surface area contributed by atoms with E-state index in [1.54, 1.807) is 6.07 Å². The summed E-state index contributed by atoms with van der Waals surface area (Å²) in [6, 6.07) is 6.83. The first-order valence-corrected chi connectivity index (χ1v) is 19.0. The molecule has 4 aromatic heterocycles. The van der Waals surface area contributed by atoms with Crippen molar-refractivity contribution in [3.05, 3.63) is 94.8 Å². The zero-order valence-electron chi connectivity index (χ0n) is 33.5. The predicted octanol–water partition coefficient (Wildman–Crippen LogP) is 7.87. The molecule has 63 heavy (non-hydrogen) atoms. The highest BCUT2D eigenvalue weighted by atomic mass is 19.4. The number of carbonyl (C=O) groups excluding carboxylic acids is 3. The lowest BCUT2D eigenvalue weighted by Gasteiger charge is -2.42. The number of nitrogens with one attached hydrogen (secondary N) is 2. The van der Waals surface area contributed by atoms with Gasteiger partial charge in [-0.05, 0) is 30.3 Å². The standard InChI is InChI=1S/C40H36F10N10O3/c1-20-16-58(17-21(2)37(20,41)42)32-29(9-24(14-54-32)39(45,46)47)34(61)56-26-5-7-53-31(12-26)35(62)57-60(28-6-8-52-27(11-28)13-51)36(63)30-10-25(40(48,49)50)15-55-33(30)59-18-22(3)38(43,44)23(4)19-59/h5-12,14-15,20-23H,16-19H2,1-4H3,(H,57,62)(H,53,56,61)/t20-,21+,22-,23+. The Balaban J connectivity index is 1.34. The molecule has 4 aromatic rings. The molecular formula is C40H36F10N10O3. The summed E-state index contributed by atoms with van der Waals surface area (Å²) >= 11 is 0. The fourth-order valence-corrected chi connectivity index (χ4v) is 7.29. The van der Waals surface area contributed by atoms with Crippen molar-refractivity contribution in [1.29, 1.82) is 5.26 Å². The minimum absolute atomic E-state index is 0.251. The zero-order valence-corrected chi connectivity index (χ0v) is 33.5. The van der Waals surface area contributed by atoms with E-state index in [-0.39, 0.29) is 36.0 Å². The monoisotopic (exact) mass is 894 g/mol. The molecule has 6 heterocycles. The van der Waals surface area contributed by atoms with E-state index in [0.29, 0.717) is 29.5 Å². The average molecular weight is 895 g/mol. The average Bonchev–Trinajstić information content (AvgIpc) is 3.22. The number of rotatable bonds is 7. The van der Waals surface area contributed by atoms with Gasteiger partial charge < -0.3 is 15.1 Å². The van der Waals surface area contributed by atoms with Crippen LogP contribution < -0.4 is 25.6 Å². The van der Waals surface area contributed by atoms with E-state index in [1.165, 1.54) is 37.5 Å². The molecule has 2 saturated heterocycles. The smallest absolute Gasteiger partial charge is 0.355 e. The SMILES string of the molecule is C[C@@H]1CN(c2ncc(C(F)(F)F)cc2C(=O)Nc2ccnc(C(=O)NN(C(=O)c3cc(C(F)(F)F)cnc3N3C[C@@H](C)C(F)(F)[C@@H](C)C3)c3ccnc(C#N)c3)c2)C[C@H](C)C1(F)F. The van der Waals surface area contributed by atoms with Crippen LogP contribution >= 0.6 is 0 Å². The van der Waals surface area contributed by atoms with Crippen molar-refractivity contribution in [2.24, 2.45) is 23.7 Å². The summed E-state index contributed by atoms with van der Waals surface area (Å²) in [6.07, 6.45) is -7.10. The van der Waals surface area contributed by atoms with Crippen LogP contribution in [0.1, 0.15) is 75.7 Å². The Morgan fingerprint density at radius 1 is 0.698 bits per heavy atom. The summed E-state index contributed by atoms with van der Waals surface area (Å²) in [5.74, 6) is -16.1. The molecule has 2 aliphatic heterocycles. The predicted molar refractivity (Wildman–Crippen MR) is 205 cm³/mol. The number of alkyl halides is 10. The third kappa shape index (κ3) is 9.43. The Hall–Kier alpha value is -6.60. The second-order valence-electron chi connectivity index (χ2n) is 15.4. The molecule has 4 atom stereocenters. The third-order valence-corrected chi connectivity index (χ3v) is 10.9. The maximum atomic E-state index is 14.8. The number of anilines is 4. The van der Waals surface area contributed by atoms with Gasteiger partial charge in [0.05, 0.1) is 27.9 Å². The van der Waals surface area contributed by atoms with Crippen LogP contribution in [-0.4, -0.2) is 75.7 Å². The van der Waals surface area contributed by atoms with Crippen LogP contribution in [0.3, 0.4) is 0 Å². The van der Waals surface area contributed by atoms with Gasteiger partial charge in [0.15, 0.2) is 0 Å². The molecule has 0 aliphatic carbocycles. The Bertz CT molecular complexity index is 2430. The first-order chi connectivity index (χ1) is 29.3. The molecule has 0 saturated carbocycles. The fraction of sp³-hybridized carbons (Fsp3) is 0.400. The number of carbonyl (C=O) groups is 3. The summed E-state index contributed by atoms with van der Waals surface area (Å²) < 4.78 is 143. The van der Waals surface area contributed by atoms with E-state index in [1.807, 2.05) is 0 Å². The van der Waals surface area contributed by atoms with Gasteiger partial charge in [-0.3, -0.25) is 24.8 Å². The van der Waals surface area contributed by atoms with Crippen LogP contribution in [0.25, 0.3) is 0 Å². The molecular weight excluding hydrogens is 858 g/mol. The van der Waals surface area contributed by atoms with Gasteiger partial charge in [0.25, 0.3) is 29.6 Å². The van der Waals surface area contributed by atoms with Gasteiger partial charge in [0.1, 0.15) is 29.1 Å². The van der Waals surface area contributed by atoms with Crippen molar-refractivity contribution < 1.29 is 58.3 Å². The third-order valence-electron chi connectivity index (χ3n) is 10.9. The molecule has 0 radical (unpaired) electrons. The first kappa shape index (κ1) is 45.9.